The van der Waals surface area contributed by atoms with E-state index in [-0.39, 0.29) is 11.5 Å². The van der Waals surface area contributed by atoms with Crippen LogP contribution in [-0.2, 0) is 20.4 Å². The van der Waals surface area contributed by atoms with Gasteiger partial charge in [-0.05, 0) is 24.5 Å². The lowest BCUT2D eigenvalue weighted by molar-refractivity contribution is -0.138. The maximum Gasteiger partial charge on any atom is 0.310 e. The molecule has 5 heteroatoms. The third kappa shape index (κ3) is 5.33. The lowest BCUT2D eigenvalue weighted by Gasteiger charge is -2.08. The van der Waals surface area contributed by atoms with Gasteiger partial charge in [0, 0.05) is 0 Å². The quantitative estimate of drug-likeness (QED) is 0.749. The second kappa shape index (κ2) is 7.43. The number of rotatable bonds is 8. The Kier molecular flexibility index (Phi) is 6.20. The topological polar surface area (TPSA) is 71.4 Å². The number of carboxylic acid groups (broad SMARTS) is 1. The fraction of sp³-hybridized carbons (Fsp3) is 0.533. The van der Waals surface area contributed by atoms with E-state index in [4.69, 9.17) is 5.11 Å². The van der Waals surface area contributed by atoms with Gasteiger partial charge < -0.3 is 5.11 Å². The molecule has 1 aromatic carbocycles. The fourth-order valence-corrected chi connectivity index (χ4v) is 3.43. The van der Waals surface area contributed by atoms with E-state index in [0.717, 1.165) is 12.8 Å². The van der Waals surface area contributed by atoms with E-state index in [2.05, 4.69) is 0 Å². The summed E-state index contributed by atoms with van der Waals surface area (Å²) in [5.74, 6) is -1.22. The minimum absolute atomic E-state index is 0.0262. The third-order valence-electron chi connectivity index (χ3n) is 3.30. The van der Waals surface area contributed by atoms with Crippen LogP contribution in [0.15, 0.2) is 24.3 Å². The van der Waals surface area contributed by atoms with Crippen molar-refractivity contribution in [1.82, 2.24) is 0 Å². The number of carbonyl (C=O) groups is 1. The summed E-state index contributed by atoms with van der Waals surface area (Å²) in [5, 5.41) is 8.92. The van der Waals surface area contributed by atoms with Gasteiger partial charge in [-0.1, -0.05) is 44.0 Å². The zero-order chi connectivity index (χ0) is 15.2. The maximum atomic E-state index is 11.9. The molecule has 0 aliphatic heterocycles. The Morgan fingerprint density at radius 3 is 2.30 bits per heavy atom. The van der Waals surface area contributed by atoms with Crippen molar-refractivity contribution in [3.05, 3.63) is 35.4 Å². The highest BCUT2D eigenvalue weighted by Crippen LogP contribution is 2.17. The molecule has 0 amide bonds. The normalized spacial score (nSPS) is 13.1. The van der Waals surface area contributed by atoms with Crippen LogP contribution in [0.1, 0.15) is 50.2 Å². The molecule has 112 valence electrons. The van der Waals surface area contributed by atoms with Crippen LogP contribution in [0.3, 0.4) is 0 Å². The average molecular weight is 298 g/mol. The van der Waals surface area contributed by atoms with Gasteiger partial charge in [0.2, 0.25) is 0 Å². The molecular weight excluding hydrogens is 276 g/mol. The predicted octanol–water partition coefficient (Wildman–Crippen LogP) is 2.98. The first kappa shape index (κ1) is 16.7. The van der Waals surface area contributed by atoms with E-state index in [1.165, 1.54) is 0 Å². The lowest BCUT2D eigenvalue weighted by Crippen LogP contribution is -2.10. The van der Waals surface area contributed by atoms with Gasteiger partial charge in [0.05, 0.1) is 17.4 Å². The molecule has 0 heterocycles. The summed E-state index contributed by atoms with van der Waals surface area (Å²) >= 11 is 0. The van der Waals surface area contributed by atoms with Crippen molar-refractivity contribution < 1.29 is 18.3 Å². The Bertz CT molecular complexity index is 531. The molecule has 1 atom stereocenters. The van der Waals surface area contributed by atoms with Crippen molar-refractivity contribution >= 4 is 15.8 Å². The predicted molar refractivity (Wildman–Crippen MR) is 79.5 cm³/mol. The highest BCUT2D eigenvalue weighted by molar-refractivity contribution is 7.90. The van der Waals surface area contributed by atoms with Gasteiger partial charge in [-0.2, -0.15) is 0 Å². The second-order valence-electron chi connectivity index (χ2n) is 5.10. The van der Waals surface area contributed by atoms with Crippen LogP contribution >= 0.6 is 0 Å². The van der Waals surface area contributed by atoms with Crippen LogP contribution < -0.4 is 0 Å². The molecule has 1 N–H and O–H groups in total. The van der Waals surface area contributed by atoms with Gasteiger partial charge in [0.15, 0.2) is 9.84 Å². The van der Waals surface area contributed by atoms with E-state index < -0.39 is 21.7 Å². The Balaban J connectivity index is 2.67. The summed E-state index contributed by atoms with van der Waals surface area (Å²) < 4.78 is 23.8. The summed E-state index contributed by atoms with van der Waals surface area (Å²) in [4.78, 5) is 10.9. The Labute approximate surface area is 120 Å². The molecule has 20 heavy (non-hydrogen) atoms. The van der Waals surface area contributed by atoms with E-state index in [1.54, 1.807) is 31.2 Å². The maximum absolute atomic E-state index is 11.9. The minimum Gasteiger partial charge on any atom is -0.481 e. The minimum atomic E-state index is -3.07. The van der Waals surface area contributed by atoms with Crippen molar-refractivity contribution in [1.29, 1.82) is 0 Å². The summed E-state index contributed by atoms with van der Waals surface area (Å²) in [7, 11) is -3.07. The van der Waals surface area contributed by atoms with Gasteiger partial charge in [-0.25, -0.2) is 8.42 Å². The molecule has 0 aliphatic rings. The van der Waals surface area contributed by atoms with Gasteiger partial charge in [-0.15, -0.1) is 0 Å². The standard InChI is InChI=1S/C15H22O4S/c1-3-4-5-10-20(18,19)11-13-6-8-14(9-7-13)12(2)15(16)17/h6-9,12H,3-5,10-11H2,1-2H3,(H,16,17). The zero-order valence-corrected chi connectivity index (χ0v) is 12.8. The average Bonchev–Trinajstić information content (AvgIpc) is 2.38. The van der Waals surface area contributed by atoms with Crippen LogP contribution in [0.5, 0.6) is 0 Å². The van der Waals surface area contributed by atoms with Crippen molar-refractivity contribution in [3.8, 4) is 0 Å². The highest BCUT2D eigenvalue weighted by Gasteiger charge is 2.15. The number of benzene rings is 1. The molecule has 0 aliphatic carbocycles. The van der Waals surface area contributed by atoms with E-state index >= 15 is 0 Å². The molecule has 0 radical (unpaired) electrons. The monoisotopic (exact) mass is 298 g/mol. The third-order valence-corrected chi connectivity index (χ3v) is 4.98. The van der Waals surface area contributed by atoms with Gasteiger partial charge in [-0.3, -0.25) is 4.79 Å². The second-order valence-corrected chi connectivity index (χ2v) is 7.28. The van der Waals surface area contributed by atoms with Crippen LogP contribution in [0.2, 0.25) is 0 Å². The molecule has 0 aromatic heterocycles. The van der Waals surface area contributed by atoms with Crippen molar-refractivity contribution in [3.63, 3.8) is 0 Å². The Morgan fingerprint density at radius 2 is 1.80 bits per heavy atom. The molecule has 0 bridgehead atoms. The lowest BCUT2D eigenvalue weighted by atomic mass is 10.0. The van der Waals surface area contributed by atoms with Gasteiger partial charge >= 0.3 is 5.97 Å². The molecule has 1 rings (SSSR count). The van der Waals surface area contributed by atoms with Crippen LogP contribution in [-0.4, -0.2) is 25.2 Å². The summed E-state index contributed by atoms with van der Waals surface area (Å²) in [6.07, 6.45) is 2.62. The number of hydrogen-bond acceptors (Lipinski definition) is 3. The summed E-state index contributed by atoms with van der Waals surface area (Å²) in [6.45, 7) is 3.65. The van der Waals surface area contributed by atoms with Crippen molar-refractivity contribution in [2.75, 3.05) is 5.75 Å². The Morgan fingerprint density at radius 1 is 1.20 bits per heavy atom. The first-order chi connectivity index (χ1) is 9.35. The van der Waals surface area contributed by atoms with Gasteiger partial charge in [0.25, 0.3) is 0 Å². The molecule has 1 aromatic rings. The largest absolute Gasteiger partial charge is 0.481 e. The van der Waals surface area contributed by atoms with Crippen molar-refractivity contribution in [2.45, 2.75) is 44.8 Å². The number of sulfone groups is 1. The number of hydrogen-bond donors (Lipinski definition) is 1. The van der Waals surface area contributed by atoms with Crippen molar-refractivity contribution in [2.24, 2.45) is 0 Å². The first-order valence-corrected chi connectivity index (χ1v) is 8.70. The van der Waals surface area contributed by atoms with Crippen LogP contribution in [0.4, 0.5) is 0 Å². The zero-order valence-electron chi connectivity index (χ0n) is 12.0. The highest BCUT2D eigenvalue weighted by atomic mass is 32.2. The molecule has 0 saturated heterocycles. The fourth-order valence-electron chi connectivity index (χ4n) is 1.94. The van der Waals surface area contributed by atoms with E-state index in [9.17, 15) is 13.2 Å². The summed E-state index contributed by atoms with van der Waals surface area (Å²) in [6, 6.07) is 6.78. The SMILES string of the molecule is CCCCCS(=O)(=O)Cc1ccc(C(C)C(=O)O)cc1. The van der Waals surface area contributed by atoms with Crippen LogP contribution in [0, 0.1) is 0 Å². The first-order valence-electron chi connectivity index (χ1n) is 6.88. The molecule has 1 unspecified atom stereocenters. The molecule has 0 spiro atoms. The molecule has 0 saturated carbocycles. The number of carboxylic acids is 1. The Hall–Kier alpha value is -1.36. The van der Waals surface area contributed by atoms with Crippen LogP contribution in [0.25, 0.3) is 0 Å². The molecule has 0 fully saturated rings. The number of aliphatic carboxylic acids is 1. The summed E-state index contributed by atoms with van der Waals surface area (Å²) in [5.41, 5.74) is 1.40. The number of unbranched alkanes of at least 4 members (excludes halogenated alkanes) is 2. The van der Waals surface area contributed by atoms with E-state index in [0.29, 0.717) is 17.5 Å². The molecule has 4 nitrogen and oxygen atoms in total. The smallest absolute Gasteiger partial charge is 0.310 e. The van der Waals surface area contributed by atoms with Gasteiger partial charge in [0.1, 0.15) is 0 Å². The molecular formula is C15H22O4S. The van der Waals surface area contributed by atoms with E-state index in [1.807, 2.05) is 6.92 Å².